The minimum Gasteiger partial charge on any atom is -0.216 e. The Balaban J connectivity index is 6.86. The number of rotatable bonds is 4. The lowest BCUT2D eigenvalue weighted by molar-refractivity contribution is -0.471. The van der Waals surface area contributed by atoms with Gasteiger partial charge >= 0.3 is 47.9 Å². The first-order chi connectivity index (χ1) is 10.8. The van der Waals surface area contributed by atoms with Gasteiger partial charge in [0.05, 0.1) is 0 Å². The second-order valence-electron chi connectivity index (χ2n) is 4.45. The molecule has 26 heavy (non-hydrogen) atoms. The molecular weight excluding hydrogens is 438 g/mol. The van der Waals surface area contributed by atoms with Gasteiger partial charge in [0.15, 0.2) is 0 Å². The maximum atomic E-state index is 13.0. The smallest absolute Gasteiger partial charge is 0.216 e. The summed E-state index contributed by atoms with van der Waals surface area (Å²) in [6.07, 6.45) is -24.2. The lowest BCUT2D eigenvalue weighted by atomic mass is 9.85. The standard InChI is InChI=1S/C8F18/c9-1(6(18,19)20,7(21,22)23)2(10,11)3(12,13)4(14,15)5(16,17)8(24,25)26. The second-order valence-corrected chi connectivity index (χ2v) is 4.45. The number of alkyl halides is 18. The molecule has 0 aliphatic carbocycles. The van der Waals surface area contributed by atoms with Gasteiger partial charge in [-0.15, -0.1) is 0 Å². The van der Waals surface area contributed by atoms with Gasteiger partial charge in [-0.05, 0) is 0 Å². The van der Waals surface area contributed by atoms with E-state index in [1.807, 2.05) is 0 Å². The lowest BCUT2D eigenvalue weighted by Crippen LogP contribution is -2.76. The topological polar surface area (TPSA) is 0 Å². The third-order valence-electron chi connectivity index (χ3n) is 2.75. The molecule has 0 radical (unpaired) electrons. The van der Waals surface area contributed by atoms with Crippen LogP contribution in [-0.4, -0.2) is 47.9 Å². The van der Waals surface area contributed by atoms with Crippen LogP contribution in [0, 0.1) is 0 Å². The zero-order valence-corrected chi connectivity index (χ0v) is 10.8. The molecule has 0 unspecified atom stereocenters. The molecule has 0 aliphatic heterocycles. The molecule has 0 saturated heterocycles. The quantitative estimate of drug-likeness (QED) is 0.478. The number of hydrogen-bond acceptors (Lipinski definition) is 0. The zero-order chi connectivity index (χ0) is 22.0. The van der Waals surface area contributed by atoms with Gasteiger partial charge in [-0.25, -0.2) is 4.39 Å². The van der Waals surface area contributed by atoms with Crippen LogP contribution in [0.1, 0.15) is 0 Å². The van der Waals surface area contributed by atoms with E-state index in [4.69, 9.17) is 0 Å². The van der Waals surface area contributed by atoms with E-state index >= 15 is 0 Å². The van der Waals surface area contributed by atoms with Gasteiger partial charge < -0.3 is 0 Å². The molecule has 0 heterocycles. The highest BCUT2D eigenvalue weighted by molar-refractivity contribution is 5.17. The van der Waals surface area contributed by atoms with E-state index in [-0.39, 0.29) is 0 Å². The summed E-state index contributed by atoms with van der Waals surface area (Å²) in [7, 11) is 0. The molecule has 0 atom stereocenters. The summed E-state index contributed by atoms with van der Waals surface area (Å²) < 4.78 is 221. The van der Waals surface area contributed by atoms with E-state index in [1.54, 1.807) is 0 Å². The van der Waals surface area contributed by atoms with Crippen LogP contribution < -0.4 is 0 Å². The number of halogens is 18. The SMILES string of the molecule is FC(F)(F)C(F)(F)C(F)(F)C(F)(F)C(F)(F)C(F)(C(F)(F)F)C(F)(F)F. The predicted molar refractivity (Wildman–Crippen MR) is 41.8 cm³/mol. The van der Waals surface area contributed by atoms with E-state index < -0.39 is 47.9 Å². The van der Waals surface area contributed by atoms with Crippen molar-refractivity contribution in [2.45, 2.75) is 47.9 Å². The summed E-state index contributed by atoms with van der Waals surface area (Å²) in [4.78, 5) is 0. The molecule has 0 nitrogen and oxygen atoms in total. The molecule has 0 rings (SSSR count). The molecule has 0 N–H and O–H groups in total. The molecule has 0 amide bonds. The monoisotopic (exact) mass is 438 g/mol. The minimum atomic E-state index is -8.85. The molecule has 0 saturated carbocycles. The summed E-state index contributed by atoms with van der Waals surface area (Å²) in [6, 6.07) is 0. The zero-order valence-electron chi connectivity index (χ0n) is 10.8. The van der Waals surface area contributed by atoms with Crippen LogP contribution in [0.15, 0.2) is 0 Å². The van der Waals surface area contributed by atoms with Crippen molar-refractivity contribution in [3.05, 3.63) is 0 Å². The van der Waals surface area contributed by atoms with E-state index in [9.17, 15) is 79.0 Å². The largest absolute Gasteiger partial charge is 0.460 e. The van der Waals surface area contributed by atoms with Crippen LogP contribution in [0.2, 0.25) is 0 Å². The van der Waals surface area contributed by atoms with E-state index in [1.165, 1.54) is 0 Å². The Kier molecular flexibility index (Phi) is 5.35. The molecule has 0 spiro atoms. The maximum Gasteiger partial charge on any atom is 0.460 e. The van der Waals surface area contributed by atoms with Crippen LogP contribution in [0.3, 0.4) is 0 Å². The Morgan fingerprint density at radius 3 is 0.654 bits per heavy atom. The van der Waals surface area contributed by atoms with Crippen LogP contribution in [0.5, 0.6) is 0 Å². The lowest BCUT2D eigenvalue weighted by Gasteiger charge is -2.43. The molecule has 0 fully saturated rings. The first-order valence-electron chi connectivity index (χ1n) is 5.15. The van der Waals surface area contributed by atoms with Crippen molar-refractivity contribution in [2.75, 3.05) is 0 Å². The molecule has 0 aromatic heterocycles. The van der Waals surface area contributed by atoms with E-state index in [0.29, 0.717) is 0 Å². The molecule has 0 aromatic carbocycles. The molecule has 158 valence electrons. The average Bonchev–Trinajstić information content (AvgIpc) is 2.32. The van der Waals surface area contributed by atoms with Gasteiger partial charge in [-0.1, -0.05) is 0 Å². The minimum absolute atomic E-state index is 7.84. The molecular formula is C8F18. The van der Waals surface area contributed by atoms with Gasteiger partial charge in [0, 0.05) is 0 Å². The third kappa shape index (κ3) is 2.82. The van der Waals surface area contributed by atoms with E-state index in [0.717, 1.165) is 0 Å². The van der Waals surface area contributed by atoms with Crippen molar-refractivity contribution >= 4 is 0 Å². The molecule has 0 aromatic rings. The highest BCUT2D eigenvalue weighted by atomic mass is 19.4. The fourth-order valence-electron chi connectivity index (χ4n) is 1.31. The second kappa shape index (κ2) is 5.62. The van der Waals surface area contributed by atoms with Crippen LogP contribution in [-0.2, 0) is 0 Å². The van der Waals surface area contributed by atoms with Crippen LogP contribution in [0.4, 0.5) is 79.0 Å². The Labute approximate surface area is 128 Å². The van der Waals surface area contributed by atoms with Gasteiger partial charge in [0.25, 0.3) is 0 Å². The summed E-state index contributed by atoms with van der Waals surface area (Å²) >= 11 is 0. The average molecular weight is 438 g/mol. The van der Waals surface area contributed by atoms with Crippen molar-refractivity contribution in [1.29, 1.82) is 0 Å². The van der Waals surface area contributed by atoms with Gasteiger partial charge in [-0.3, -0.25) is 0 Å². The molecule has 0 bridgehead atoms. The van der Waals surface area contributed by atoms with Crippen LogP contribution in [0.25, 0.3) is 0 Å². The first-order valence-corrected chi connectivity index (χ1v) is 5.15. The fraction of sp³-hybridized carbons (Fsp3) is 1.00. The summed E-state index contributed by atoms with van der Waals surface area (Å²) in [5.74, 6) is -34.6. The summed E-state index contributed by atoms with van der Waals surface area (Å²) in [5, 5.41) is 0. The van der Waals surface area contributed by atoms with Gasteiger partial charge in [-0.2, -0.15) is 74.6 Å². The van der Waals surface area contributed by atoms with Crippen LogP contribution >= 0.6 is 0 Å². The van der Waals surface area contributed by atoms with Gasteiger partial charge in [0.1, 0.15) is 0 Å². The van der Waals surface area contributed by atoms with Crippen molar-refractivity contribution in [2.24, 2.45) is 0 Å². The molecule has 0 aliphatic rings. The maximum absolute atomic E-state index is 13.0. The third-order valence-corrected chi connectivity index (χ3v) is 2.75. The van der Waals surface area contributed by atoms with E-state index in [2.05, 4.69) is 0 Å². The Morgan fingerprint density at radius 1 is 0.231 bits per heavy atom. The fourth-order valence-corrected chi connectivity index (χ4v) is 1.31. The Morgan fingerprint density at radius 2 is 0.462 bits per heavy atom. The number of hydrogen-bond donors (Lipinski definition) is 0. The molecule has 18 heteroatoms. The Bertz CT molecular complexity index is 499. The Hall–Kier alpha value is -1.26. The predicted octanol–water partition coefficient (Wildman–Crippen LogP) is 5.92. The first kappa shape index (κ1) is 24.7. The normalized spacial score (nSPS) is 16.8. The van der Waals surface area contributed by atoms with Crippen molar-refractivity contribution in [3.8, 4) is 0 Å². The van der Waals surface area contributed by atoms with Crippen molar-refractivity contribution in [1.82, 2.24) is 0 Å². The van der Waals surface area contributed by atoms with Gasteiger partial charge in [0.2, 0.25) is 0 Å². The van der Waals surface area contributed by atoms with Crippen molar-refractivity contribution in [3.63, 3.8) is 0 Å². The summed E-state index contributed by atoms with van der Waals surface area (Å²) in [5.41, 5.74) is -8.61. The highest BCUT2D eigenvalue weighted by Crippen LogP contribution is 2.65. The van der Waals surface area contributed by atoms with Crippen molar-refractivity contribution < 1.29 is 79.0 Å². The highest BCUT2D eigenvalue weighted by Gasteiger charge is 2.97. The summed E-state index contributed by atoms with van der Waals surface area (Å²) in [6.45, 7) is 0.